The molecule has 6 N–H and O–H groups in total. The van der Waals surface area contributed by atoms with Gasteiger partial charge in [-0.05, 0) is 5.41 Å². The lowest BCUT2D eigenvalue weighted by atomic mass is 9.86. The smallest absolute Gasteiger partial charge is 0.335 e. The summed E-state index contributed by atoms with van der Waals surface area (Å²) in [6.45, 7) is 5.57. The van der Waals surface area contributed by atoms with E-state index in [1.54, 1.807) is 6.92 Å². The molecule has 0 aromatic rings. The third kappa shape index (κ3) is 6.26. The maximum Gasteiger partial charge on any atom is 0.335 e. The monoisotopic (exact) mass is 365 g/mol. The second kappa shape index (κ2) is 8.99. The molecular weight excluding hydrogens is 338 g/mol. The Morgan fingerprint density at radius 2 is 1.80 bits per heavy atom. The average molecular weight is 365 g/mol. The minimum atomic E-state index is -1.84. The highest BCUT2D eigenvalue weighted by Crippen LogP contribution is 2.24. The number of ether oxygens (including phenoxy) is 2. The lowest BCUT2D eigenvalue weighted by Crippen LogP contribution is -2.61. The summed E-state index contributed by atoms with van der Waals surface area (Å²) in [6.07, 6.45) is -9.83. The van der Waals surface area contributed by atoms with Crippen molar-refractivity contribution in [3.05, 3.63) is 0 Å². The summed E-state index contributed by atoms with van der Waals surface area (Å²) >= 11 is 0. The minimum absolute atomic E-state index is 0.0645. The van der Waals surface area contributed by atoms with Gasteiger partial charge in [0.2, 0.25) is 6.41 Å². The first-order valence-corrected chi connectivity index (χ1v) is 7.99. The Labute approximate surface area is 145 Å². The SMILES string of the molecule is CCC(=O)CC(C)(C)CNC(O)OC1OC(C(=O)O)C(O)C(O)C1O. The predicted octanol–water partition coefficient (Wildman–Crippen LogP) is -1.84. The third-order valence-electron chi connectivity index (χ3n) is 3.90. The molecular formula is C15H27NO9. The fraction of sp³-hybridized carbons (Fsp3) is 0.867. The Hall–Kier alpha value is -1.14. The first kappa shape index (κ1) is 21.9. The maximum atomic E-state index is 11.5. The number of aliphatic carboxylic acids is 1. The van der Waals surface area contributed by atoms with Gasteiger partial charge in [-0.1, -0.05) is 20.8 Å². The van der Waals surface area contributed by atoms with Crippen LogP contribution in [0.2, 0.25) is 0 Å². The van der Waals surface area contributed by atoms with Gasteiger partial charge in [0.1, 0.15) is 24.1 Å². The maximum absolute atomic E-state index is 11.5. The molecule has 0 spiro atoms. The summed E-state index contributed by atoms with van der Waals surface area (Å²) in [7, 11) is 0. The normalized spacial score (nSPS) is 31.6. The number of aliphatic hydroxyl groups is 4. The average Bonchev–Trinajstić information content (AvgIpc) is 2.52. The van der Waals surface area contributed by atoms with Crippen molar-refractivity contribution in [2.45, 2.75) is 70.7 Å². The second-order valence-electron chi connectivity index (χ2n) is 6.84. The molecule has 0 amide bonds. The Morgan fingerprint density at radius 3 is 2.32 bits per heavy atom. The van der Waals surface area contributed by atoms with Gasteiger partial charge in [-0.25, -0.2) is 4.79 Å². The van der Waals surface area contributed by atoms with Crippen molar-refractivity contribution in [2.24, 2.45) is 5.41 Å². The zero-order chi connectivity index (χ0) is 19.4. The van der Waals surface area contributed by atoms with Gasteiger partial charge in [0.25, 0.3) is 0 Å². The summed E-state index contributed by atoms with van der Waals surface area (Å²) in [5.74, 6) is -1.48. The third-order valence-corrected chi connectivity index (χ3v) is 3.90. The molecule has 1 aliphatic rings. The van der Waals surface area contributed by atoms with Crippen molar-refractivity contribution in [1.82, 2.24) is 5.32 Å². The summed E-state index contributed by atoms with van der Waals surface area (Å²) in [5.41, 5.74) is -0.469. The van der Waals surface area contributed by atoms with Crippen LogP contribution in [0.3, 0.4) is 0 Å². The highest BCUT2D eigenvalue weighted by atomic mass is 16.8. The van der Waals surface area contributed by atoms with Gasteiger partial charge in [-0.3, -0.25) is 10.1 Å². The quantitative estimate of drug-likeness (QED) is 0.256. The Kier molecular flexibility index (Phi) is 7.88. The van der Waals surface area contributed by atoms with Crippen LogP contribution in [0.1, 0.15) is 33.6 Å². The fourth-order valence-corrected chi connectivity index (χ4v) is 2.42. The lowest BCUT2D eigenvalue weighted by Gasteiger charge is -2.39. The molecule has 1 heterocycles. The van der Waals surface area contributed by atoms with Crippen LogP contribution in [0.25, 0.3) is 0 Å². The number of rotatable bonds is 9. The number of hydrogen-bond donors (Lipinski definition) is 6. The van der Waals surface area contributed by atoms with Crippen LogP contribution >= 0.6 is 0 Å². The number of ketones is 1. The van der Waals surface area contributed by atoms with E-state index in [9.17, 15) is 30.0 Å². The number of hydrogen-bond acceptors (Lipinski definition) is 9. The minimum Gasteiger partial charge on any atom is -0.479 e. The molecule has 0 aromatic carbocycles. The summed E-state index contributed by atoms with van der Waals surface area (Å²) in [6, 6.07) is 0. The van der Waals surface area contributed by atoms with Crippen molar-refractivity contribution < 1.29 is 44.6 Å². The van der Waals surface area contributed by atoms with Crippen LogP contribution in [-0.4, -0.2) is 80.9 Å². The summed E-state index contributed by atoms with van der Waals surface area (Å²) in [5, 5.41) is 50.4. The number of carboxylic acids is 1. The molecule has 1 aliphatic heterocycles. The van der Waals surface area contributed by atoms with E-state index in [1.807, 2.05) is 13.8 Å². The first-order valence-electron chi connectivity index (χ1n) is 7.99. The molecule has 10 heteroatoms. The van der Waals surface area contributed by atoms with Crippen LogP contribution in [0.4, 0.5) is 0 Å². The van der Waals surface area contributed by atoms with Crippen molar-refractivity contribution in [3.8, 4) is 0 Å². The van der Waals surface area contributed by atoms with Crippen molar-refractivity contribution >= 4 is 11.8 Å². The van der Waals surface area contributed by atoms with E-state index in [1.165, 1.54) is 0 Å². The van der Waals surface area contributed by atoms with Crippen molar-refractivity contribution in [2.75, 3.05) is 6.54 Å². The van der Waals surface area contributed by atoms with Gasteiger partial charge in [0.05, 0.1) is 0 Å². The number of carboxylic acid groups (broad SMARTS) is 1. The standard InChI is InChI=1S/C15H27NO9/c1-4-7(17)5-15(2,3)6-16-14(23)25-13-10(20)8(18)9(19)11(24-13)12(21)22/h8-11,13-14,16,18-20,23H,4-6H2,1-3H3,(H,21,22). The van der Waals surface area contributed by atoms with E-state index in [0.29, 0.717) is 6.42 Å². The zero-order valence-corrected chi connectivity index (χ0v) is 14.5. The van der Waals surface area contributed by atoms with Gasteiger partial charge < -0.3 is 35.0 Å². The first-order chi connectivity index (χ1) is 11.5. The summed E-state index contributed by atoms with van der Waals surface area (Å²) in [4.78, 5) is 22.5. The number of aliphatic hydroxyl groups excluding tert-OH is 4. The molecule has 0 aliphatic carbocycles. The predicted molar refractivity (Wildman–Crippen MR) is 83.1 cm³/mol. The summed E-state index contributed by atoms with van der Waals surface area (Å²) < 4.78 is 9.87. The van der Waals surface area contributed by atoms with Crippen molar-refractivity contribution in [3.63, 3.8) is 0 Å². The number of carbonyl (C=O) groups excluding carboxylic acids is 1. The molecule has 0 saturated carbocycles. The van der Waals surface area contributed by atoms with Crippen LogP contribution in [0.15, 0.2) is 0 Å². The van der Waals surface area contributed by atoms with E-state index in [2.05, 4.69) is 5.32 Å². The van der Waals surface area contributed by atoms with E-state index < -0.39 is 48.5 Å². The molecule has 25 heavy (non-hydrogen) atoms. The molecule has 0 aromatic heterocycles. The molecule has 10 nitrogen and oxygen atoms in total. The molecule has 0 radical (unpaired) electrons. The van der Waals surface area contributed by atoms with Crippen molar-refractivity contribution in [1.29, 1.82) is 0 Å². The van der Waals surface area contributed by atoms with Gasteiger partial charge in [-0.2, -0.15) is 0 Å². The van der Waals surface area contributed by atoms with Crippen LogP contribution < -0.4 is 5.32 Å². The van der Waals surface area contributed by atoms with Gasteiger partial charge in [-0.15, -0.1) is 0 Å². The van der Waals surface area contributed by atoms with Crippen LogP contribution in [0.5, 0.6) is 0 Å². The Balaban J connectivity index is 2.59. The Morgan fingerprint density at radius 1 is 1.20 bits per heavy atom. The van der Waals surface area contributed by atoms with Gasteiger partial charge >= 0.3 is 5.97 Å². The number of carbonyl (C=O) groups is 2. The molecule has 1 fully saturated rings. The van der Waals surface area contributed by atoms with Crippen LogP contribution in [0, 0.1) is 5.41 Å². The molecule has 146 valence electrons. The zero-order valence-electron chi connectivity index (χ0n) is 14.5. The largest absolute Gasteiger partial charge is 0.479 e. The molecule has 1 saturated heterocycles. The molecule has 6 atom stereocenters. The fourth-order valence-electron chi connectivity index (χ4n) is 2.42. The van der Waals surface area contributed by atoms with E-state index >= 15 is 0 Å². The molecule has 0 bridgehead atoms. The van der Waals surface area contributed by atoms with Gasteiger partial charge in [0, 0.05) is 19.4 Å². The van der Waals surface area contributed by atoms with E-state index in [0.717, 1.165) is 0 Å². The lowest BCUT2D eigenvalue weighted by molar-refractivity contribution is -0.329. The molecule has 6 unspecified atom stereocenters. The Bertz CT molecular complexity index is 470. The number of nitrogens with one attached hydrogen (secondary N) is 1. The highest BCUT2D eigenvalue weighted by Gasteiger charge is 2.48. The van der Waals surface area contributed by atoms with E-state index in [-0.39, 0.29) is 18.7 Å². The van der Waals surface area contributed by atoms with Gasteiger partial charge in [0.15, 0.2) is 12.4 Å². The number of Topliss-reactive ketones (excluding diaryl/α,β-unsaturated/α-hetero) is 1. The van der Waals surface area contributed by atoms with E-state index in [4.69, 9.17) is 14.6 Å². The highest BCUT2D eigenvalue weighted by molar-refractivity contribution is 5.78. The molecule has 1 rings (SSSR count). The van der Waals surface area contributed by atoms with Crippen LogP contribution in [-0.2, 0) is 19.1 Å². The second-order valence-corrected chi connectivity index (χ2v) is 6.84. The topological polar surface area (TPSA) is 166 Å².